The number of nitrogens with zero attached hydrogens (tertiary/aromatic N) is 1. The molecule has 6 nitrogen and oxygen atoms in total. The van der Waals surface area contributed by atoms with Crippen molar-refractivity contribution in [3.8, 4) is 11.5 Å². The van der Waals surface area contributed by atoms with Gasteiger partial charge in [0.2, 0.25) is 5.76 Å². The summed E-state index contributed by atoms with van der Waals surface area (Å²) < 4.78 is 17.8. The molecule has 0 fully saturated rings. The molecule has 1 unspecified atom stereocenters. The Morgan fingerprint density at radius 1 is 0.784 bits per heavy atom. The second-order valence-corrected chi connectivity index (χ2v) is 9.53. The summed E-state index contributed by atoms with van der Waals surface area (Å²) >= 11 is 0. The first-order valence-corrected chi connectivity index (χ1v) is 12.6. The minimum Gasteiger partial charge on any atom is -0.490 e. The zero-order valence-corrected chi connectivity index (χ0v) is 22.1. The van der Waals surface area contributed by atoms with E-state index in [-0.39, 0.29) is 17.1 Å². The molecule has 0 saturated heterocycles. The molecule has 5 rings (SSSR count). The molecule has 0 aliphatic carbocycles. The Balaban J connectivity index is 1.80. The van der Waals surface area contributed by atoms with Crippen molar-refractivity contribution in [2.75, 3.05) is 18.1 Å². The summed E-state index contributed by atoms with van der Waals surface area (Å²) in [7, 11) is 0. The lowest BCUT2D eigenvalue weighted by atomic mass is 9.96. The molecular weight excluding hydrogens is 466 g/mol. The number of aryl methyl sites for hydroxylation is 4. The second-order valence-electron chi connectivity index (χ2n) is 9.53. The highest BCUT2D eigenvalue weighted by atomic mass is 16.5. The van der Waals surface area contributed by atoms with Crippen LogP contribution in [0.25, 0.3) is 11.0 Å². The van der Waals surface area contributed by atoms with Gasteiger partial charge in [0.1, 0.15) is 5.58 Å². The van der Waals surface area contributed by atoms with Crippen molar-refractivity contribution in [3.05, 3.63) is 97.9 Å². The highest BCUT2D eigenvalue weighted by Gasteiger charge is 2.44. The molecule has 0 spiro atoms. The van der Waals surface area contributed by atoms with Crippen LogP contribution in [0.15, 0.2) is 57.7 Å². The average molecular weight is 498 g/mol. The minimum absolute atomic E-state index is 0.0795. The number of anilines is 1. The van der Waals surface area contributed by atoms with Crippen LogP contribution in [0.4, 0.5) is 5.69 Å². The molecule has 0 radical (unpaired) electrons. The maximum atomic E-state index is 14.0. The maximum Gasteiger partial charge on any atom is 0.295 e. The van der Waals surface area contributed by atoms with Crippen LogP contribution >= 0.6 is 0 Å². The second kappa shape index (κ2) is 9.43. The van der Waals surface area contributed by atoms with Gasteiger partial charge in [0.05, 0.1) is 30.2 Å². The molecule has 1 aromatic heterocycles. The van der Waals surface area contributed by atoms with Crippen molar-refractivity contribution < 1.29 is 18.7 Å². The van der Waals surface area contributed by atoms with E-state index in [4.69, 9.17) is 13.9 Å². The number of amides is 1. The van der Waals surface area contributed by atoms with E-state index in [1.165, 1.54) is 0 Å². The van der Waals surface area contributed by atoms with Crippen LogP contribution in [0.5, 0.6) is 11.5 Å². The third-order valence-electron chi connectivity index (χ3n) is 7.14. The Morgan fingerprint density at radius 3 is 2.16 bits per heavy atom. The van der Waals surface area contributed by atoms with Gasteiger partial charge in [-0.15, -0.1) is 0 Å². The van der Waals surface area contributed by atoms with Crippen molar-refractivity contribution in [1.82, 2.24) is 0 Å². The standard InChI is InChI=1S/C31H31NO5/c1-7-35-24-12-10-21(16-26(24)36-8-2)28-27-29(33)23-14-19(5)20(6)15-25(23)37-30(27)31(34)32(28)22-11-9-17(3)18(4)13-22/h9-16,28H,7-8H2,1-6H3. The summed E-state index contributed by atoms with van der Waals surface area (Å²) in [6.07, 6.45) is 0. The van der Waals surface area contributed by atoms with Gasteiger partial charge in [-0.3, -0.25) is 14.5 Å². The molecule has 1 aliphatic heterocycles. The minimum atomic E-state index is -0.679. The van der Waals surface area contributed by atoms with Crippen molar-refractivity contribution in [3.63, 3.8) is 0 Å². The Labute approximate surface area is 216 Å². The zero-order chi connectivity index (χ0) is 26.4. The van der Waals surface area contributed by atoms with Gasteiger partial charge in [-0.05, 0) is 106 Å². The molecule has 0 N–H and O–H groups in total. The summed E-state index contributed by atoms with van der Waals surface area (Å²) in [6.45, 7) is 12.7. The number of carbonyl (C=O) groups excluding carboxylic acids is 1. The van der Waals surface area contributed by atoms with E-state index in [9.17, 15) is 9.59 Å². The van der Waals surface area contributed by atoms with Gasteiger partial charge in [-0.2, -0.15) is 0 Å². The summed E-state index contributed by atoms with van der Waals surface area (Å²) in [5.74, 6) is 0.926. The van der Waals surface area contributed by atoms with E-state index in [2.05, 4.69) is 0 Å². The van der Waals surface area contributed by atoms with Gasteiger partial charge in [-0.1, -0.05) is 12.1 Å². The van der Waals surface area contributed by atoms with Crippen LogP contribution < -0.4 is 19.8 Å². The van der Waals surface area contributed by atoms with Crippen molar-refractivity contribution in [1.29, 1.82) is 0 Å². The Hall–Kier alpha value is -4.06. The SMILES string of the molecule is CCOc1ccc(C2c3c(oc4cc(C)c(C)cc4c3=O)C(=O)N2c2ccc(C)c(C)c2)cc1OCC. The normalized spacial score (nSPS) is 14.8. The van der Waals surface area contributed by atoms with Crippen LogP contribution in [-0.2, 0) is 0 Å². The number of rotatable bonds is 6. The van der Waals surface area contributed by atoms with E-state index < -0.39 is 6.04 Å². The van der Waals surface area contributed by atoms with Gasteiger partial charge in [0.25, 0.3) is 5.91 Å². The molecule has 6 heteroatoms. The summed E-state index contributed by atoms with van der Waals surface area (Å²) in [6, 6.07) is 14.5. The topological polar surface area (TPSA) is 69.0 Å². The van der Waals surface area contributed by atoms with Crippen molar-refractivity contribution in [2.45, 2.75) is 47.6 Å². The fourth-order valence-corrected chi connectivity index (χ4v) is 4.92. The number of hydrogen-bond acceptors (Lipinski definition) is 5. The Morgan fingerprint density at radius 2 is 1.46 bits per heavy atom. The van der Waals surface area contributed by atoms with Crippen molar-refractivity contribution >= 4 is 22.6 Å². The van der Waals surface area contributed by atoms with Crippen LogP contribution in [0.2, 0.25) is 0 Å². The molecule has 190 valence electrons. The fraction of sp³-hybridized carbons (Fsp3) is 0.290. The average Bonchev–Trinajstić information content (AvgIpc) is 3.16. The summed E-state index contributed by atoms with van der Waals surface area (Å²) in [5, 5.41) is 0.470. The first kappa shape index (κ1) is 24.6. The smallest absolute Gasteiger partial charge is 0.295 e. The predicted octanol–water partition coefficient (Wildman–Crippen LogP) is 6.57. The van der Waals surface area contributed by atoms with Crippen molar-refractivity contribution in [2.24, 2.45) is 0 Å². The molecule has 1 aliphatic rings. The molecule has 37 heavy (non-hydrogen) atoms. The van der Waals surface area contributed by atoms with Crippen LogP contribution in [-0.4, -0.2) is 19.1 Å². The van der Waals surface area contributed by atoms with E-state index in [1.54, 1.807) is 4.90 Å². The molecule has 4 aromatic rings. The highest BCUT2D eigenvalue weighted by molar-refractivity contribution is 6.10. The molecule has 1 atom stereocenters. The molecule has 2 heterocycles. The number of hydrogen-bond donors (Lipinski definition) is 0. The van der Waals surface area contributed by atoms with E-state index in [0.29, 0.717) is 46.9 Å². The van der Waals surface area contributed by atoms with Crippen LogP contribution in [0.1, 0.15) is 63.8 Å². The largest absolute Gasteiger partial charge is 0.490 e. The van der Waals surface area contributed by atoms with Gasteiger partial charge in [-0.25, -0.2) is 0 Å². The Kier molecular flexibility index (Phi) is 6.28. The first-order valence-electron chi connectivity index (χ1n) is 12.6. The van der Waals surface area contributed by atoms with Gasteiger partial charge >= 0.3 is 0 Å². The third kappa shape index (κ3) is 4.06. The first-order chi connectivity index (χ1) is 17.7. The van der Waals surface area contributed by atoms with Gasteiger partial charge in [0, 0.05) is 5.69 Å². The zero-order valence-electron chi connectivity index (χ0n) is 22.1. The quantitative estimate of drug-likeness (QED) is 0.301. The predicted molar refractivity (Wildman–Crippen MR) is 145 cm³/mol. The van der Waals surface area contributed by atoms with E-state index >= 15 is 0 Å². The van der Waals surface area contributed by atoms with Gasteiger partial charge < -0.3 is 13.9 Å². The lowest BCUT2D eigenvalue weighted by molar-refractivity contribution is 0.0971. The number of fused-ring (bicyclic) bond motifs is 2. The van der Waals surface area contributed by atoms with E-state index in [1.807, 2.05) is 90.1 Å². The number of benzene rings is 3. The molecular formula is C31H31NO5. The monoisotopic (exact) mass is 497 g/mol. The highest BCUT2D eigenvalue weighted by Crippen LogP contribution is 2.43. The van der Waals surface area contributed by atoms with E-state index in [0.717, 1.165) is 27.8 Å². The van der Waals surface area contributed by atoms with Crippen LogP contribution in [0.3, 0.4) is 0 Å². The fourth-order valence-electron chi connectivity index (χ4n) is 4.92. The van der Waals surface area contributed by atoms with Gasteiger partial charge in [0.15, 0.2) is 16.9 Å². The Bertz CT molecular complexity index is 1600. The number of carbonyl (C=O) groups is 1. The lowest BCUT2D eigenvalue weighted by Gasteiger charge is -2.26. The lowest BCUT2D eigenvalue weighted by Crippen LogP contribution is -2.29. The molecule has 0 bridgehead atoms. The maximum absolute atomic E-state index is 14.0. The third-order valence-corrected chi connectivity index (χ3v) is 7.14. The number of ether oxygens (including phenoxy) is 2. The summed E-state index contributed by atoms with van der Waals surface area (Å²) in [4.78, 5) is 29.6. The molecule has 0 saturated carbocycles. The van der Waals surface area contributed by atoms with Crippen LogP contribution in [0, 0.1) is 27.7 Å². The molecule has 1 amide bonds. The summed E-state index contributed by atoms with van der Waals surface area (Å²) in [5.41, 5.74) is 6.17. The molecule has 3 aromatic carbocycles.